The van der Waals surface area contributed by atoms with Gasteiger partial charge in [0, 0.05) is 5.71 Å². The Labute approximate surface area is 145 Å². The summed E-state index contributed by atoms with van der Waals surface area (Å²) in [7, 11) is 0. The van der Waals surface area contributed by atoms with E-state index in [0.29, 0.717) is 22.5 Å². The van der Waals surface area contributed by atoms with E-state index in [-0.39, 0.29) is 18.3 Å². The van der Waals surface area contributed by atoms with Gasteiger partial charge in [-0.3, -0.25) is 4.79 Å². The number of ether oxygens (including phenoxy) is 1. The number of para-hydroxylation sites is 1. The van der Waals surface area contributed by atoms with Crippen molar-refractivity contribution in [3.05, 3.63) is 52.4 Å². The van der Waals surface area contributed by atoms with Crippen LogP contribution in [-0.4, -0.2) is 11.6 Å². The molecule has 1 aromatic carbocycles. The first-order valence-corrected chi connectivity index (χ1v) is 8.23. The Balaban J connectivity index is 1.59. The van der Waals surface area contributed by atoms with Gasteiger partial charge < -0.3 is 9.15 Å². The van der Waals surface area contributed by atoms with Crippen molar-refractivity contribution in [1.29, 1.82) is 0 Å². The van der Waals surface area contributed by atoms with E-state index in [4.69, 9.17) is 20.8 Å². The number of rotatable bonds is 6. The van der Waals surface area contributed by atoms with E-state index < -0.39 is 0 Å². The lowest BCUT2D eigenvalue weighted by molar-refractivity contribution is 0.0923. The van der Waals surface area contributed by atoms with Crippen molar-refractivity contribution >= 4 is 23.2 Å². The Hall–Kier alpha value is -2.27. The van der Waals surface area contributed by atoms with Crippen molar-refractivity contribution in [3.8, 4) is 5.75 Å². The van der Waals surface area contributed by atoms with Crippen LogP contribution in [0.1, 0.15) is 41.6 Å². The second-order valence-electron chi connectivity index (χ2n) is 5.91. The molecule has 1 N–H and O–H groups in total. The molecular formula is C18H19ClN2O3. The average Bonchev–Trinajstić information content (AvgIpc) is 3.31. The molecule has 2 aromatic rings. The number of hydrogen-bond donors (Lipinski definition) is 1. The number of halogens is 1. The molecule has 0 atom stereocenters. The van der Waals surface area contributed by atoms with Gasteiger partial charge in [0.25, 0.3) is 0 Å². The molecule has 1 saturated carbocycles. The number of furan rings is 1. The molecule has 1 heterocycles. The van der Waals surface area contributed by atoms with E-state index in [1.54, 1.807) is 18.2 Å². The fourth-order valence-corrected chi connectivity index (χ4v) is 2.58. The molecule has 1 aromatic heterocycles. The Kier molecular flexibility index (Phi) is 4.90. The highest BCUT2D eigenvalue weighted by Crippen LogP contribution is 2.30. The summed E-state index contributed by atoms with van der Waals surface area (Å²) in [4.78, 5) is 12.0. The van der Waals surface area contributed by atoms with E-state index in [1.165, 1.54) is 0 Å². The molecule has 24 heavy (non-hydrogen) atoms. The Morgan fingerprint density at radius 3 is 2.88 bits per heavy atom. The van der Waals surface area contributed by atoms with E-state index in [2.05, 4.69) is 10.5 Å². The molecule has 0 aliphatic heterocycles. The smallest absolute Gasteiger partial charge is 0.307 e. The topological polar surface area (TPSA) is 63.8 Å². The third kappa shape index (κ3) is 3.97. The van der Waals surface area contributed by atoms with Crippen LogP contribution in [0, 0.1) is 12.8 Å². The van der Waals surface area contributed by atoms with Crippen molar-refractivity contribution in [2.75, 3.05) is 0 Å². The zero-order valence-corrected chi connectivity index (χ0v) is 14.4. The van der Waals surface area contributed by atoms with Gasteiger partial charge in [-0.25, -0.2) is 5.43 Å². The van der Waals surface area contributed by atoms with E-state index in [1.807, 2.05) is 26.0 Å². The monoisotopic (exact) mass is 346 g/mol. The molecule has 5 nitrogen and oxygen atoms in total. The van der Waals surface area contributed by atoms with Gasteiger partial charge in [0.1, 0.15) is 18.1 Å². The molecule has 1 aliphatic rings. The fourth-order valence-electron chi connectivity index (χ4n) is 2.31. The molecule has 6 heteroatoms. The van der Waals surface area contributed by atoms with Gasteiger partial charge >= 0.3 is 5.91 Å². The number of hydrazone groups is 1. The van der Waals surface area contributed by atoms with Crippen LogP contribution in [0.5, 0.6) is 5.75 Å². The third-order valence-corrected chi connectivity index (χ3v) is 4.21. The first kappa shape index (κ1) is 16.6. The average molecular weight is 347 g/mol. The largest absolute Gasteiger partial charge is 0.484 e. The Bertz CT molecular complexity index is 758. The SMILES string of the molecule is CC(=NNC(=O)c1ccc(COc2c(C)cccc2Cl)o1)C1CC1. The first-order valence-electron chi connectivity index (χ1n) is 7.85. The lowest BCUT2D eigenvalue weighted by atomic mass is 10.2. The molecule has 0 bridgehead atoms. The molecular weight excluding hydrogens is 328 g/mol. The van der Waals surface area contributed by atoms with Crippen LogP contribution in [0.3, 0.4) is 0 Å². The van der Waals surface area contributed by atoms with Crippen molar-refractivity contribution in [3.63, 3.8) is 0 Å². The molecule has 0 saturated heterocycles. The Morgan fingerprint density at radius 1 is 1.38 bits per heavy atom. The normalized spacial score (nSPS) is 14.5. The number of benzene rings is 1. The zero-order valence-electron chi connectivity index (χ0n) is 13.6. The van der Waals surface area contributed by atoms with E-state index in [9.17, 15) is 4.79 Å². The molecule has 0 unspecified atom stereocenters. The van der Waals surface area contributed by atoms with Gasteiger partial charge in [-0.05, 0) is 56.4 Å². The summed E-state index contributed by atoms with van der Waals surface area (Å²) in [6.07, 6.45) is 2.30. The summed E-state index contributed by atoms with van der Waals surface area (Å²) >= 11 is 6.12. The number of nitrogens with zero attached hydrogens (tertiary/aromatic N) is 1. The Morgan fingerprint density at radius 2 is 2.17 bits per heavy atom. The lowest BCUT2D eigenvalue weighted by Gasteiger charge is -2.09. The summed E-state index contributed by atoms with van der Waals surface area (Å²) in [6, 6.07) is 8.87. The molecule has 1 amide bonds. The van der Waals surface area contributed by atoms with Crippen LogP contribution >= 0.6 is 11.6 Å². The maximum atomic E-state index is 12.0. The molecule has 0 radical (unpaired) electrons. The number of amides is 1. The van der Waals surface area contributed by atoms with Gasteiger partial charge in [-0.2, -0.15) is 5.10 Å². The van der Waals surface area contributed by atoms with Gasteiger partial charge in [0.15, 0.2) is 5.76 Å². The van der Waals surface area contributed by atoms with Crippen molar-refractivity contribution < 1.29 is 13.9 Å². The highest BCUT2D eigenvalue weighted by molar-refractivity contribution is 6.32. The number of carbonyl (C=O) groups is 1. The van der Waals surface area contributed by atoms with E-state index >= 15 is 0 Å². The lowest BCUT2D eigenvalue weighted by Crippen LogP contribution is -2.18. The van der Waals surface area contributed by atoms with Gasteiger partial charge in [0.05, 0.1) is 5.02 Å². The molecule has 1 aliphatic carbocycles. The van der Waals surface area contributed by atoms with Gasteiger partial charge in [-0.15, -0.1) is 0 Å². The first-order chi connectivity index (χ1) is 11.5. The van der Waals surface area contributed by atoms with Crippen LogP contribution in [0.2, 0.25) is 5.02 Å². The van der Waals surface area contributed by atoms with Crippen molar-refractivity contribution in [1.82, 2.24) is 5.43 Å². The van der Waals surface area contributed by atoms with Crippen LogP contribution in [0.25, 0.3) is 0 Å². The summed E-state index contributed by atoms with van der Waals surface area (Å²) in [6.45, 7) is 4.04. The molecule has 126 valence electrons. The predicted octanol–water partition coefficient (Wildman–Crippen LogP) is 4.34. The summed E-state index contributed by atoms with van der Waals surface area (Å²) < 4.78 is 11.2. The quantitative estimate of drug-likeness (QED) is 0.625. The number of aryl methyl sites for hydroxylation is 1. The van der Waals surface area contributed by atoms with Crippen LogP contribution in [0.15, 0.2) is 39.9 Å². The minimum atomic E-state index is -0.366. The highest BCUT2D eigenvalue weighted by Gasteiger charge is 2.24. The predicted molar refractivity (Wildman–Crippen MR) is 92.5 cm³/mol. The molecule has 3 rings (SSSR count). The van der Waals surface area contributed by atoms with Gasteiger partial charge in [-0.1, -0.05) is 23.7 Å². The van der Waals surface area contributed by atoms with Crippen LogP contribution in [0.4, 0.5) is 0 Å². The van der Waals surface area contributed by atoms with Gasteiger partial charge in [0.2, 0.25) is 0 Å². The maximum absolute atomic E-state index is 12.0. The highest BCUT2D eigenvalue weighted by atomic mass is 35.5. The van der Waals surface area contributed by atoms with Crippen molar-refractivity contribution in [2.45, 2.75) is 33.3 Å². The maximum Gasteiger partial charge on any atom is 0.307 e. The third-order valence-electron chi connectivity index (χ3n) is 3.91. The number of nitrogens with one attached hydrogen (secondary N) is 1. The minimum absolute atomic E-state index is 0.197. The molecule has 1 fully saturated rings. The van der Waals surface area contributed by atoms with E-state index in [0.717, 1.165) is 24.1 Å². The standard InChI is InChI=1S/C18H19ClN2O3/c1-11-4-3-5-15(19)17(11)23-10-14-8-9-16(24-14)18(22)21-20-12(2)13-6-7-13/h3-5,8-9,13H,6-7,10H2,1-2H3,(H,21,22). The number of carbonyl (C=O) groups excluding carboxylic acids is 1. The summed E-state index contributed by atoms with van der Waals surface area (Å²) in [5.41, 5.74) is 4.41. The fraction of sp³-hybridized carbons (Fsp3) is 0.333. The second-order valence-corrected chi connectivity index (χ2v) is 6.32. The zero-order chi connectivity index (χ0) is 17.1. The number of hydrogen-bond acceptors (Lipinski definition) is 4. The second kappa shape index (κ2) is 7.09. The van der Waals surface area contributed by atoms with Crippen LogP contribution < -0.4 is 10.2 Å². The van der Waals surface area contributed by atoms with Crippen molar-refractivity contribution in [2.24, 2.45) is 11.0 Å². The summed E-state index contributed by atoms with van der Waals surface area (Å²) in [5.74, 6) is 1.52. The molecule has 0 spiro atoms. The summed E-state index contributed by atoms with van der Waals surface area (Å²) in [5, 5.41) is 4.64. The van der Waals surface area contributed by atoms with Crippen LogP contribution in [-0.2, 0) is 6.61 Å². The minimum Gasteiger partial charge on any atom is -0.484 e.